The van der Waals surface area contributed by atoms with Crippen molar-refractivity contribution in [1.29, 1.82) is 0 Å². The Labute approximate surface area is 130 Å². The fraction of sp³-hybridized carbons (Fsp3) is 0.533. The van der Waals surface area contributed by atoms with Crippen LogP contribution in [0.3, 0.4) is 0 Å². The summed E-state index contributed by atoms with van der Waals surface area (Å²) in [6.07, 6.45) is -0.228. The maximum atomic E-state index is 12.4. The van der Waals surface area contributed by atoms with E-state index in [-0.39, 0.29) is 24.7 Å². The molecule has 0 saturated carbocycles. The van der Waals surface area contributed by atoms with Gasteiger partial charge >= 0.3 is 0 Å². The number of rotatable bonds is 4. The number of ether oxygens (including phenoxy) is 2. The highest BCUT2D eigenvalue weighted by atomic mass is 35.5. The third-order valence-corrected chi connectivity index (χ3v) is 3.98. The minimum Gasteiger partial charge on any atom is -0.383 e. The van der Waals surface area contributed by atoms with Gasteiger partial charge in [0.15, 0.2) is 0 Å². The molecule has 0 aliphatic carbocycles. The van der Waals surface area contributed by atoms with Crippen molar-refractivity contribution >= 4 is 17.5 Å². The van der Waals surface area contributed by atoms with Crippen LogP contribution in [0.15, 0.2) is 24.3 Å². The number of morpholine rings is 1. The first-order valence-corrected chi connectivity index (χ1v) is 7.33. The lowest BCUT2D eigenvalue weighted by Gasteiger charge is -2.39. The molecule has 1 fully saturated rings. The Morgan fingerprint density at radius 2 is 2.29 bits per heavy atom. The molecular weight excluding hydrogens is 292 g/mol. The number of carbonyl (C=O) groups excluding carboxylic acids is 1. The van der Waals surface area contributed by atoms with Crippen LogP contribution in [-0.2, 0) is 14.3 Å². The van der Waals surface area contributed by atoms with Crippen LogP contribution in [0.25, 0.3) is 0 Å². The lowest BCUT2D eigenvalue weighted by Crippen LogP contribution is -2.54. The molecule has 1 aromatic carbocycles. The highest BCUT2D eigenvalue weighted by molar-refractivity contribution is 6.31. The van der Waals surface area contributed by atoms with Gasteiger partial charge in [-0.1, -0.05) is 29.8 Å². The van der Waals surface area contributed by atoms with Crippen molar-refractivity contribution in [2.24, 2.45) is 5.73 Å². The van der Waals surface area contributed by atoms with Crippen LogP contribution < -0.4 is 5.73 Å². The number of hydrogen-bond acceptors (Lipinski definition) is 4. The zero-order chi connectivity index (χ0) is 15.4. The number of nitrogens with two attached hydrogens (primary N) is 1. The van der Waals surface area contributed by atoms with Crippen molar-refractivity contribution in [2.75, 3.05) is 26.9 Å². The second-order valence-corrected chi connectivity index (χ2v) is 5.65. The number of halogens is 1. The lowest BCUT2D eigenvalue weighted by atomic mass is 10.1. The third-order valence-electron chi connectivity index (χ3n) is 3.63. The molecule has 21 heavy (non-hydrogen) atoms. The molecule has 1 heterocycles. The number of nitrogens with zero attached hydrogens (tertiary/aromatic N) is 1. The largest absolute Gasteiger partial charge is 0.383 e. The third kappa shape index (κ3) is 3.74. The van der Waals surface area contributed by atoms with Crippen LogP contribution in [0.1, 0.15) is 18.6 Å². The van der Waals surface area contributed by atoms with Crippen LogP contribution >= 0.6 is 11.6 Å². The van der Waals surface area contributed by atoms with E-state index < -0.39 is 6.04 Å². The molecule has 1 aliphatic rings. The summed E-state index contributed by atoms with van der Waals surface area (Å²) in [4.78, 5) is 14.1. The van der Waals surface area contributed by atoms with Crippen molar-refractivity contribution in [1.82, 2.24) is 4.90 Å². The van der Waals surface area contributed by atoms with E-state index in [1.165, 1.54) is 7.11 Å². The maximum Gasteiger partial charge on any atom is 0.242 e. The van der Waals surface area contributed by atoms with Gasteiger partial charge in [-0.15, -0.1) is 0 Å². The molecule has 1 aromatic rings. The molecule has 1 aliphatic heterocycles. The monoisotopic (exact) mass is 312 g/mol. The Kier molecular flexibility index (Phi) is 5.58. The number of carbonyl (C=O) groups is 1. The number of benzene rings is 1. The Bertz CT molecular complexity index is 498. The van der Waals surface area contributed by atoms with Crippen LogP contribution in [0, 0.1) is 0 Å². The zero-order valence-corrected chi connectivity index (χ0v) is 13.0. The zero-order valence-electron chi connectivity index (χ0n) is 12.3. The van der Waals surface area contributed by atoms with Gasteiger partial charge in [-0.2, -0.15) is 0 Å². The Morgan fingerprint density at radius 1 is 1.57 bits per heavy atom. The summed E-state index contributed by atoms with van der Waals surface area (Å²) in [5.41, 5.74) is 6.74. The standard InChI is InChI=1S/C15H21ClN2O3/c1-10-8-21-14(11-5-3-4-6-12(11)16)7-18(10)15(19)13(17)9-20-2/h3-6,10,13-14H,7-9,17H2,1-2H3. The molecule has 2 N–H and O–H groups in total. The van der Waals surface area contributed by atoms with Crippen LogP contribution in [0.2, 0.25) is 5.02 Å². The molecule has 0 spiro atoms. The van der Waals surface area contributed by atoms with E-state index in [0.717, 1.165) is 5.56 Å². The molecule has 1 saturated heterocycles. The van der Waals surface area contributed by atoms with Gasteiger partial charge < -0.3 is 20.1 Å². The molecule has 0 aromatic heterocycles. The predicted octanol–water partition coefficient (Wildman–Crippen LogP) is 1.60. The van der Waals surface area contributed by atoms with E-state index in [1.54, 1.807) is 4.90 Å². The average molecular weight is 313 g/mol. The molecule has 6 heteroatoms. The van der Waals surface area contributed by atoms with Crippen LogP contribution in [-0.4, -0.2) is 49.8 Å². The van der Waals surface area contributed by atoms with E-state index in [9.17, 15) is 4.79 Å². The van der Waals surface area contributed by atoms with E-state index in [0.29, 0.717) is 18.2 Å². The van der Waals surface area contributed by atoms with Crippen molar-refractivity contribution in [2.45, 2.75) is 25.1 Å². The quantitative estimate of drug-likeness (QED) is 0.917. The smallest absolute Gasteiger partial charge is 0.242 e. The van der Waals surface area contributed by atoms with Crippen molar-refractivity contribution in [3.05, 3.63) is 34.9 Å². The summed E-state index contributed by atoms with van der Waals surface area (Å²) >= 11 is 6.21. The Hall–Kier alpha value is -1.14. The summed E-state index contributed by atoms with van der Waals surface area (Å²) in [6.45, 7) is 3.06. The Balaban J connectivity index is 2.12. The van der Waals surface area contributed by atoms with E-state index in [4.69, 9.17) is 26.8 Å². The van der Waals surface area contributed by atoms with Crippen molar-refractivity contribution in [3.8, 4) is 0 Å². The second kappa shape index (κ2) is 7.22. The highest BCUT2D eigenvalue weighted by Gasteiger charge is 2.33. The molecule has 0 bridgehead atoms. The first-order valence-electron chi connectivity index (χ1n) is 6.95. The average Bonchev–Trinajstić information content (AvgIpc) is 2.48. The lowest BCUT2D eigenvalue weighted by molar-refractivity contribution is -0.147. The highest BCUT2D eigenvalue weighted by Crippen LogP contribution is 2.30. The summed E-state index contributed by atoms with van der Waals surface area (Å²) < 4.78 is 10.8. The molecule has 3 atom stereocenters. The van der Waals surface area contributed by atoms with E-state index in [1.807, 2.05) is 31.2 Å². The molecule has 2 rings (SSSR count). The molecule has 3 unspecified atom stereocenters. The summed E-state index contributed by atoms with van der Waals surface area (Å²) in [5, 5.41) is 0.644. The minimum atomic E-state index is -0.651. The molecular formula is C15H21ClN2O3. The fourth-order valence-corrected chi connectivity index (χ4v) is 2.71. The summed E-state index contributed by atoms with van der Waals surface area (Å²) in [6, 6.07) is 6.85. The van der Waals surface area contributed by atoms with Gasteiger partial charge in [-0.25, -0.2) is 0 Å². The fourth-order valence-electron chi connectivity index (χ4n) is 2.45. The van der Waals surface area contributed by atoms with Crippen molar-refractivity contribution in [3.63, 3.8) is 0 Å². The predicted molar refractivity (Wildman–Crippen MR) is 81.2 cm³/mol. The van der Waals surface area contributed by atoms with Crippen LogP contribution in [0.5, 0.6) is 0 Å². The van der Waals surface area contributed by atoms with Crippen LogP contribution in [0.4, 0.5) is 0 Å². The second-order valence-electron chi connectivity index (χ2n) is 5.24. The SMILES string of the molecule is COCC(N)C(=O)N1CC(c2ccccc2Cl)OCC1C. The van der Waals surface area contributed by atoms with E-state index >= 15 is 0 Å². The van der Waals surface area contributed by atoms with Gasteiger partial charge in [-0.05, 0) is 13.0 Å². The summed E-state index contributed by atoms with van der Waals surface area (Å²) in [7, 11) is 1.53. The van der Waals surface area contributed by atoms with Gasteiger partial charge in [0.25, 0.3) is 0 Å². The normalized spacial score (nSPS) is 23.9. The molecule has 5 nitrogen and oxygen atoms in total. The molecule has 0 radical (unpaired) electrons. The number of amides is 1. The topological polar surface area (TPSA) is 64.8 Å². The minimum absolute atomic E-state index is 0.0147. The van der Waals surface area contributed by atoms with Gasteiger partial charge in [0.1, 0.15) is 12.1 Å². The molecule has 1 amide bonds. The van der Waals surface area contributed by atoms with Gasteiger partial charge in [0.05, 0.1) is 25.8 Å². The summed E-state index contributed by atoms with van der Waals surface area (Å²) in [5.74, 6) is -0.121. The maximum absolute atomic E-state index is 12.4. The Morgan fingerprint density at radius 3 is 2.95 bits per heavy atom. The van der Waals surface area contributed by atoms with Gasteiger partial charge in [-0.3, -0.25) is 4.79 Å². The number of hydrogen-bond donors (Lipinski definition) is 1. The first kappa shape index (κ1) is 16.2. The van der Waals surface area contributed by atoms with Crippen molar-refractivity contribution < 1.29 is 14.3 Å². The van der Waals surface area contributed by atoms with E-state index in [2.05, 4.69) is 0 Å². The van der Waals surface area contributed by atoms with Gasteiger partial charge in [0.2, 0.25) is 5.91 Å². The van der Waals surface area contributed by atoms with Gasteiger partial charge in [0, 0.05) is 17.7 Å². The number of methoxy groups -OCH3 is 1. The molecule has 116 valence electrons. The first-order chi connectivity index (χ1) is 10.0.